The van der Waals surface area contributed by atoms with Crippen molar-refractivity contribution in [2.24, 2.45) is 0 Å². The summed E-state index contributed by atoms with van der Waals surface area (Å²) in [6, 6.07) is 0. The van der Waals surface area contributed by atoms with E-state index in [1.54, 1.807) is 0 Å². The normalized spacial score (nSPS) is 9.80. The smallest absolute Gasteiger partial charge is 0.158 e. The number of Topliss-reactive ketones (excluding diaryl/α,β-unsaturated/α-hetero) is 1. The molecule has 0 amide bonds. The van der Waals surface area contributed by atoms with Crippen molar-refractivity contribution in [1.29, 1.82) is 0 Å². The third-order valence-electron chi connectivity index (χ3n) is 1.15. The summed E-state index contributed by atoms with van der Waals surface area (Å²) in [5.41, 5.74) is 0. The molecule has 0 aliphatic carbocycles. The summed E-state index contributed by atoms with van der Waals surface area (Å²) in [6.07, 6.45) is 0.569. The average Bonchev–Trinajstić information content (AvgIpc) is 1.98. The van der Waals surface area contributed by atoms with Crippen molar-refractivity contribution in [2.45, 2.75) is 13.3 Å². The van der Waals surface area contributed by atoms with Crippen LogP contribution in [-0.4, -0.2) is 32.6 Å². The van der Waals surface area contributed by atoms with Gasteiger partial charge >= 0.3 is 0 Å². The molecule has 0 saturated carbocycles. The van der Waals surface area contributed by atoms with Crippen LogP contribution in [-0.2, 0) is 9.53 Å². The standard InChI is InChI=1S/C7H15NO2/c1-3-7(9)6-10-5-4-8-2/h8H,3-6H2,1-2H3. The van der Waals surface area contributed by atoms with E-state index in [0.29, 0.717) is 13.0 Å². The molecule has 0 atom stereocenters. The number of ether oxygens (including phenoxy) is 1. The minimum atomic E-state index is 0.163. The van der Waals surface area contributed by atoms with E-state index in [0.717, 1.165) is 6.54 Å². The Bertz CT molecular complexity index is 93.6. The molecule has 0 rings (SSSR count). The monoisotopic (exact) mass is 145 g/mol. The first kappa shape index (κ1) is 9.59. The van der Waals surface area contributed by atoms with Gasteiger partial charge in [0.05, 0.1) is 6.61 Å². The van der Waals surface area contributed by atoms with E-state index in [4.69, 9.17) is 4.74 Å². The molecule has 1 N–H and O–H groups in total. The molecule has 60 valence electrons. The minimum Gasteiger partial charge on any atom is -0.372 e. The molecule has 3 heteroatoms. The molecular formula is C7H15NO2. The summed E-state index contributed by atoms with van der Waals surface area (Å²) >= 11 is 0. The number of hydrogen-bond donors (Lipinski definition) is 1. The van der Waals surface area contributed by atoms with E-state index in [1.807, 2.05) is 14.0 Å². The van der Waals surface area contributed by atoms with Gasteiger partial charge in [-0.05, 0) is 7.05 Å². The summed E-state index contributed by atoms with van der Waals surface area (Å²) in [5, 5.41) is 2.92. The lowest BCUT2D eigenvalue weighted by Gasteiger charge is -2.00. The van der Waals surface area contributed by atoms with Crippen LogP contribution >= 0.6 is 0 Å². The first-order valence-corrected chi connectivity index (χ1v) is 3.55. The van der Waals surface area contributed by atoms with Gasteiger partial charge in [-0.3, -0.25) is 4.79 Å². The fraction of sp³-hybridized carbons (Fsp3) is 0.857. The maximum Gasteiger partial charge on any atom is 0.158 e. The van der Waals surface area contributed by atoms with Crippen molar-refractivity contribution in [1.82, 2.24) is 5.32 Å². The van der Waals surface area contributed by atoms with Gasteiger partial charge in [-0.1, -0.05) is 6.92 Å². The van der Waals surface area contributed by atoms with Gasteiger partial charge in [-0.15, -0.1) is 0 Å². The van der Waals surface area contributed by atoms with Gasteiger partial charge in [0.2, 0.25) is 0 Å². The van der Waals surface area contributed by atoms with E-state index >= 15 is 0 Å². The highest BCUT2D eigenvalue weighted by molar-refractivity contribution is 5.79. The second-order valence-corrected chi connectivity index (χ2v) is 2.05. The lowest BCUT2D eigenvalue weighted by atomic mass is 10.3. The third kappa shape index (κ3) is 5.72. The van der Waals surface area contributed by atoms with E-state index in [9.17, 15) is 4.79 Å². The van der Waals surface area contributed by atoms with Gasteiger partial charge in [0, 0.05) is 13.0 Å². The molecule has 0 bridgehead atoms. The third-order valence-corrected chi connectivity index (χ3v) is 1.15. The lowest BCUT2D eigenvalue weighted by molar-refractivity contribution is -0.123. The highest BCUT2D eigenvalue weighted by Crippen LogP contribution is 1.81. The van der Waals surface area contributed by atoms with Crippen LogP contribution in [0.1, 0.15) is 13.3 Å². The summed E-state index contributed by atoms with van der Waals surface area (Å²) in [4.78, 5) is 10.6. The highest BCUT2D eigenvalue weighted by atomic mass is 16.5. The predicted molar refractivity (Wildman–Crippen MR) is 40.0 cm³/mol. The number of hydrogen-bond acceptors (Lipinski definition) is 3. The van der Waals surface area contributed by atoms with Crippen LogP contribution in [0.2, 0.25) is 0 Å². The van der Waals surface area contributed by atoms with Crippen molar-refractivity contribution >= 4 is 5.78 Å². The molecule has 0 aliphatic heterocycles. The number of nitrogens with one attached hydrogen (secondary N) is 1. The van der Waals surface area contributed by atoms with E-state index in [1.165, 1.54) is 0 Å². The number of carbonyl (C=O) groups is 1. The van der Waals surface area contributed by atoms with Gasteiger partial charge < -0.3 is 10.1 Å². The van der Waals surface area contributed by atoms with E-state index < -0.39 is 0 Å². The molecule has 0 saturated heterocycles. The second-order valence-electron chi connectivity index (χ2n) is 2.05. The summed E-state index contributed by atoms with van der Waals surface area (Å²) < 4.78 is 5.01. The molecule has 0 aromatic carbocycles. The Hall–Kier alpha value is -0.410. The second kappa shape index (κ2) is 6.71. The molecule has 0 aliphatic rings. The van der Waals surface area contributed by atoms with Crippen molar-refractivity contribution in [2.75, 3.05) is 26.8 Å². The van der Waals surface area contributed by atoms with Crippen molar-refractivity contribution in [3.05, 3.63) is 0 Å². The average molecular weight is 145 g/mol. The van der Waals surface area contributed by atoms with Crippen molar-refractivity contribution in [3.63, 3.8) is 0 Å². The highest BCUT2D eigenvalue weighted by Gasteiger charge is 1.95. The SMILES string of the molecule is CCC(=O)COCCNC. The maximum atomic E-state index is 10.6. The number of rotatable bonds is 6. The van der Waals surface area contributed by atoms with E-state index in [-0.39, 0.29) is 12.4 Å². The van der Waals surface area contributed by atoms with Gasteiger partial charge in [0.1, 0.15) is 6.61 Å². The molecule has 0 radical (unpaired) electrons. The van der Waals surface area contributed by atoms with Gasteiger partial charge in [0.15, 0.2) is 5.78 Å². The van der Waals surface area contributed by atoms with Gasteiger partial charge in [-0.25, -0.2) is 0 Å². The summed E-state index contributed by atoms with van der Waals surface area (Å²) in [5.74, 6) is 0.163. The Morgan fingerprint density at radius 2 is 2.30 bits per heavy atom. The zero-order valence-corrected chi connectivity index (χ0v) is 6.64. The Morgan fingerprint density at radius 3 is 2.80 bits per heavy atom. The van der Waals surface area contributed by atoms with Crippen LogP contribution in [0.3, 0.4) is 0 Å². The van der Waals surface area contributed by atoms with Crippen LogP contribution in [0, 0.1) is 0 Å². The van der Waals surface area contributed by atoms with Crippen molar-refractivity contribution in [3.8, 4) is 0 Å². The fourth-order valence-corrected chi connectivity index (χ4v) is 0.462. The zero-order chi connectivity index (χ0) is 7.82. The van der Waals surface area contributed by atoms with Gasteiger partial charge in [0.25, 0.3) is 0 Å². The molecule has 0 spiro atoms. The quantitative estimate of drug-likeness (QED) is 0.543. The molecule has 3 nitrogen and oxygen atoms in total. The predicted octanol–water partition coefficient (Wildman–Crippen LogP) is 0.201. The lowest BCUT2D eigenvalue weighted by Crippen LogP contribution is -2.17. The van der Waals surface area contributed by atoms with Crippen LogP contribution in [0.5, 0.6) is 0 Å². The Labute approximate surface area is 61.8 Å². The molecule has 0 aromatic heterocycles. The Morgan fingerprint density at radius 1 is 1.60 bits per heavy atom. The summed E-state index contributed by atoms with van der Waals surface area (Å²) in [6.45, 7) is 3.52. The molecule has 10 heavy (non-hydrogen) atoms. The Kier molecular flexibility index (Phi) is 6.43. The number of likely N-dealkylation sites (N-methyl/N-ethyl adjacent to an activating group) is 1. The zero-order valence-electron chi connectivity index (χ0n) is 6.64. The maximum absolute atomic E-state index is 10.6. The van der Waals surface area contributed by atoms with Crippen molar-refractivity contribution < 1.29 is 9.53 Å². The molecule has 0 heterocycles. The van der Waals surface area contributed by atoms with Crippen LogP contribution in [0.15, 0.2) is 0 Å². The van der Waals surface area contributed by atoms with Crippen LogP contribution in [0.25, 0.3) is 0 Å². The topological polar surface area (TPSA) is 38.3 Å². The largest absolute Gasteiger partial charge is 0.372 e. The van der Waals surface area contributed by atoms with Gasteiger partial charge in [-0.2, -0.15) is 0 Å². The molecule has 0 fully saturated rings. The number of ketones is 1. The molecule has 0 unspecified atom stereocenters. The van der Waals surface area contributed by atoms with Crippen LogP contribution < -0.4 is 5.32 Å². The Balaban J connectivity index is 2.96. The molecular weight excluding hydrogens is 130 g/mol. The van der Waals surface area contributed by atoms with E-state index in [2.05, 4.69) is 5.32 Å². The first-order chi connectivity index (χ1) is 4.81. The number of carbonyl (C=O) groups excluding carboxylic acids is 1. The van der Waals surface area contributed by atoms with Crippen LogP contribution in [0.4, 0.5) is 0 Å². The minimum absolute atomic E-state index is 0.163. The summed E-state index contributed by atoms with van der Waals surface area (Å²) in [7, 11) is 1.85. The molecule has 0 aromatic rings. The first-order valence-electron chi connectivity index (χ1n) is 3.55. The fourth-order valence-electron chi connectivity index (χ4n) is 0.462.